The van der Waals surface area contributed by atoms with Crippen LogP contribution in [-0.4, -0.2) is 183 Å². The van der Waals surface area contributed by atoms with E-state index in [1.165, 1.54) is 83.5 Å². The van der Waals surface area contributed by atoms with E-state index >= 15 is 0 Å². The second kappa shape index (κ2) is 47.6. The predicted octanol–water partition coefficient (Wildman–Crippen LogP) is 13.4. The number of aryl methyl sites for hydroxylation is 2. The molecule has 122 heavy (non-hydrogen) atoms. The third-order valence-corrected chi connectivity index (χ3v) is 23.1. The molecule has 13 rings (SSSR count). The van der Waals surface area contributed by atoms with Gasteiger partial charge < -0.3 is 63.0 Å². The number of rotatable bonds is 31. The molecule has 9 aromatic carbocycles. The van der Waals surface area contributed by atoms with E-state index in [0.29, 0.717) is 97.6 Å². The highest BCUT2D eigenvalue weighted by atomic mass is 19.1. The maximum absolute atomic E-state index is 14.1. The van der Waals surface area contributed by atoms with E-state index in [0.717, 1.165) is 72.6 Å². The minimum absolute atomic E-state index is 0.00202. The minimum atomic E-state index is -0.739. The monoisotopic (exact) mass is 1660 g/mol. The molecule has 4 aliphatic rings. The first-order chi connectivity index (χ1) is 59.3. The third kappa shape index (κ3) is 28.0. The molecule has 0 unspecified atom stereocenters. The molecule has 0 aliphatic carbocycles. The average molecular weight is 1660 g/mol. The Morgan fingerprint density at radius 2 is 0.697 bits per heavy atom. The second-order valence-corrected chi connectivity index (χ2v) is 31.9. The summed E-state index contributed by atoms with van der Waals surface area (Å²) in [6.45, 7) is 12.3. The van der Waals surface area contributed by atoms with Gasteiger partial charge in [0, 0.05) is 143 Å². The van der Waals surface area contributed by atoms with Crippen LogP contribution in [0.15, 0.2) is 255 Å². The largest absolute Gasteiger partial charge is 0.351 e. The number of likely N-dealkylation sites (tertiary alicyclic amines) is 1. The lowest BCUT2D eigenvalue weighted by Crippen LogP contribution is -2.50. The van der Waals surface area contributed by atoms with Gasteiger partial charge in [0.15, 0.2) is 0 Å². The molecule has 10 N–H and O–H groups in total. The normalized spacial score (nSPS) is 18.6. The fourth-order valence-electron chi connectivity index (χ4n) is 16.3. The molecule has 4 saturated heterocycles. The first kappa shape index (κ1) is 91.2. The van der Waals surface area contributed by atoms with Crippen LogP contribution in [0, 0.1) is 37.1 Å². The van der Waals surface area contributed by atoms with Crippen LogP contribution in [0.4, 0.5) is 17.6 Å². The number of benzene rings is 9. The number of nitrogens with one attached hydrogen (secondary N) is 6. The lowest BCUT2D eigenvalue weighted by molar-refractivity contribution is -0.133. The van der Waals surface area contributed by atoms with Crippen LogP contribution >= 0.6 is 0 Å². The van der Waals surface area contributed by atoms with Crippen molar-refractivity contribution < 1.29 is 46.3 Å². The zero-order chi connectivity index (χ0) is 86.0. The molecule has 6 atom stereocenters. The molecule has 0 aromatic heterocycles. The second-order valence-electron chi connectivity index (χ2n) is 31.9. The Balaban J connectivity index is 0.000000179. The van der Waals surface area contributed by atoms with E-state index < -0.39 is 35.2 Å². The number of nitrogens with two attached hydrogens (primary N) is 2. The molecule has 0 saturated carbocycles. The molecule has 6 amide bonds. The average Bonchev–Trinajstić information content (AvgIpc) is 1.31. The Labute approximate surface area is 715 Å². The molecular weight excluding hydrogens is 1540 g/mol. The minimum Gasteiger partial charge on any atom is -0.351 e. The van der Waals surface area contributed by atoms with E-state index in [-0.39, 0.29) is 95.2 Å². The van der Waals surface area contributed by atoms with Crippen LogP contribution in [0.1, 0.15) is 137 Å². The van der Waals surface area contributed by atoms with Crippen LogP contribution < -0.4 is 43.4 Å². The van der Waals surface area contributed by atoms with Crippen molar-refractivity contribution in [3.05, 3.63) is 339 Å². The third-order valence-electron chi connectivity index (χ3n) is 23.1. The summed E-state index contributed by atoms with van der Waals surface area (Å²) in [5, 5.41) is 19.2. The molecule has 0 bridgehead atoms. The number of hydrogen-bond donors (Lipinski definition) is 8. The number of hydrogen-bond acceptors (Lipinski definition) is 12. The molecule has 9 aromatic rings. The summed E-state index contributed by atoms with van der Waals surface area (Å²) >= 11 is 0. The molecule has 4 fully saturated rings. The molecule has 640 valence electrons. The number of carbonyl (C=O) groups excluding carboxylic acids is 6. The molecule has 18 nitrogen and oxygen atoms in total. The Kier molecular flexibility index (Phi) is 35.6. The van der Waals surface area contributed by atoms with Crippen molar-refractivity contribution in [3.63, 3.8) is 0 Å². The summed E-state index contributed by atoms with van der Waals surface area (Å²) < 4.78 is 54.1. The van der Waals surface area contributed by atoms with E-state index in [1.54, 1.807) is 6.08 Å². The van der Waals surface area contributed by atoms with Gasteiger partial charge in [-0.05, 0) is 178 Å². The van der Waals surface area contributed by atoms with Gasteiger partial charge in [-0.25, -0.2) is 17.6 Å². The van der Waals surface area contributed by atoms with Crippen molar-refractivity contribution in [1.29, 1.82) is 0 Å². The van der Waals surface area contributed by atoms with Crippen LogP contribution in [0.25, 0.3) is 18.2 Å². The highest BCUT2D eigenvalue weighted by Crippen LogP contribution is 2.32. The standard InChI is InChI=1S/C36H42F2N4O2.C33H40N4O2.C31H34F2N4O2/c37-30-16-14-29(33(38)24-30)15-17-35(43)39-25-31-18-23-42(36(44)34(40-31)19-22-41-20-8-3-9-21-41)26-32(27-10-4-1-5-11-27)28-12-6-2-7-13-28;1-24-13-14-26(25(2)21-24)15-16-32(38)35-22-29-18-20-37(33(39)31(36-29)17-19-34)23-30(27-9-5-3-6-10-27)28-11-7-4-8-12-28;32-25-13-11-24(28(33)19-25)12-14-30(38)35-20-26-16-18-37(31(39)29(36-26)15-17-34)21-27(22-7-3-1-4-8-22)23-9-5-2-6-10-23/h1-2,4-7,10-17,24,31-32,34,40H,3,8-9,18-23,25-26H2,(H,39,43);3-16,21,29-31,36H,17-20,22-23,34H2,1-2H3,(H,35,38);1-14,19,26-27,29,36H,15-18,20-21,34H2,(H,35,38)/b17-15+;16-15+;14-12+/t31-,34-;29-,31-;26-,29-/m000/s1. The number of carbonyl (C=O) groups is 6. The Bertz CT molecular complexity index is 4580. The van der Waals surface area contributed by atoms with Crippen molar-refractivity contribution in [2.45, 2.75) is 126 Å². The van der Waals surface area contributed by atoms with E-state index in [2.05, 4.69) is 123 Å². The zero-order valence-electron chi connectivity index (χ0n) is 69.8. The van der Waals surface area contributed by atoms with Crippen molar-refractivity contribution in [3.8, 4) is 0 Å². The van der Waals surface area contributed by atoms with E-state index in [9.17, 15) is 46.3 Å². The van der Waals surface area contributed by atoms with E-state index in [4.69, 9.17) is 11.5 Å². The smallest absolute Gasteiger partial charge is 0.244 e. The maximum atomic E-state index is 14.1. The first-order valence-corrected chi connectivity index (χ1v) is 42.8. The summed E-state index contributed by atoms with van der Waals surface area (Å²) in [6.07, 6.45) is 16.0. The van der Waals surface area contributed by atoms with Gasteiger partial charge in [0.1, 0.15) is 23.3 Å². The Morgan fingerprint density at radius 3 is 1.00 bits per heavy atom. The lowest BCUT2D eigenvalue weighted by atomic mass is 9.90. The number of nitrogens with zero attached hydrogens (tertiary/aromatic N) is 4. The van der Waals surface area contributed by atoms with Gasteiger partial charge >= 0.3 is 0 Å². The van der Waals surface area contributed by atoms with Gasteiger partial charge in [0.05, 0.1) is 18.1 Å². The van der Waals surface area contributed by atoms with Gasteiger partial charge in [-0.2, -0.15) is 0 Å². The summed E-state index contributed by atoms with van der Waals surface area (Å²) in [7, 11) is 0. The summed E-state index contributed by atoms with van der Waals surface area (Å²) in [5.74, 6) is -3.44. The van der Waals surface area contributed by atoms with Crippen LogP contribution in [0.5, 0.6) is 0 Å². The number of piperidine rings is 1. The van der Waals surface area contributed by atoms with Crippen LogP contribution in [0.3, 0.4) is 0 Å². The molecular formula is C100H116F4N12O6. The van der Waals surface area contributed by atoms with Crippen molar-refractivity contribution in [2.24, 2.45) is 11.5 Å². The van der Waals surface area contributed by atoms with Crippen molar-refractivity contribution in [2.75, 3.05) is 91.6 Å². The number of halogens is 4. The van der Waals surface area contributed by atoms with Crippen molar-refractivity contribution >= 4 is 53.7 Å². The zero-order valence-corrected chi connectivity index (χ0v) is 69.8. The lowest BCUT2D eigenvalue weighted by Gasteiger charge is -2.31. The SMILES string of the molecule is Cc1ccc(/C=C/C(=O)NC[C@@H]2CCN(CC(c3ccccc3)c3ccccc3)C(=O)[C@H](CCN)N2)c(C)c1.NCC[C@@H]1N[C@H](CNC(=O)/C=C/c2ccc(F)cc2F)CCN(CC(c2ccccc2)c2ccccc2)C1=O.O=C(/C=C/c1ccc(F)cc1F)NC[C@@H]1CCN(CC(c2ccccc2)c2ccccc2)C(=O)[C@H](CCN2CCCCC2)N1. The highest BCUT2D eigenvalue weighted by molar-refractivity contribution is 5.93. The highest BCUT2D eigenvalue weighted by Gasteiger charge is 2.37. The summed E-state index contributed by atoms with van der Waals surface area (Å²) in [5.41, 5.74) is 22.3. The molecule has 0 radical (unpaired) electrons. The Morgan fingerprint density at radius 1 is 0.393 bits per heavy atom. The van der Waals surface area contributed by atoms with Gasteiger partial charge in [-0.15, -0.1) is 0 Å². The van der Waals surface area contributed by atoms with Crippen LogP contribution in [0.2, 0.25) is 0 Å². The van der Waals surface area contributed by atoms with E-state index in [1.807, 2.05) is 149 Å². The quantitative estimate of drug-likeness (QED) is 0.0150. The van der Waals surface area contributed by atoms with Gasteiger partial charge in [0.25, 0.3) is 0 Å². The molecule has 0 spiro atoms. The maximum Gasteiger partial charge on any atom is 0.244 e. The van der Waals surface area contributed by atoms with Crippen LogP contribution in [-0.2, 0) is 28.8 Å². The van der Waals surface area contributed by atoms with Gasteiger partial charge in [-0.3, -0.25) is 28.8 Å². The fraction of sp³-hybridized carbons (Fsp3) is 0.340. The molecule has 4 aliphatic heterocycles. The fourth-order valence-corrected chi connectivity index (χ4v) is 16.3. The van der Waals surface area contributed by atoms with Gasteiger partial charge in [0.2, 0.25) is 35.4 Å². The van der Waals surface area contributed by atoms with Crippen molar-refractivity contribution in [1.82, 2.24) is 51.5 Å². The predicted molar refractivity (Wildman–Crippen MR) is 477 cm³/mol. The topological polar surface area (TPSA) is 240 Å². The Hall–Kier alpha value is -11.5. The molecule has 4 heterocycles. The number of amides is 6. The molecule has 22 heteroatoms. The first-order valence-electron chi connectivity index (χ1n) is 42.8. The summed E-state index contributed by atoms with van der Waals surface area (Å²) in [6, 6.07) is 72.8. The summed E-state index contributed by atoms with van der Waals surface area (Å²) in [4.78, 5) is 87.2. The van der Waals surface area contributed by atoms with Gasteiger partial charge in [-0.1, -0.05) is 212 Å².